The highest BCUT2D eigenvalue weighted by Gasteiger charge is 2.29. The van der Waals surface area contributed by atoms with E-state index in [9.17, 15) is 13.2 Å². The lowest BCUT2D eigenvalue weighted by atomic mass is 10.3. The minimum absolute atomic E-state index is 0.195. The summed E-state index contributed by atoms with van der Waals surface area (Å²) in [6.07, 6.45) is 2.23. The molecule has 1 saturated carbocycles. The topological polar surface area (TPSA) is 69.7 Å². The first-order valence-electron chi connectivity index (χ1n) is 4.42. The van der Waals surface area contributed by atoms with E-state index in [0.29, 0.717) is 19.3 Å². The van der Waals surface area contributed by atoms with E-state index in [1.807, 2.05) is 0 Å². The molecule has 1 rings (SSSR count). The Morgan fingerprint density at radius 3 is 2.36 bits per heavy atom. The zero-order chi connectivity index (χ0) is 10.8. The molecule has 0 saturated heterocycles. The van der Waals surface area contributed by atoms with E-state index in [4.69, 9.17) is 8.92 Å². The van der Waals surface area contributed by atoms with Crippen molar-refractivity contribution in [2.45, 2.75) is 38.4 Å². The number of rotatable bonds is 3. The lowest BCUT2D eigenvalue weighted by Crippen LogP contribution is -2.17. The van der Waals surface area contributed by atoms with E-state index in [2.05, 4.69) is 0 Å². The fourth-order valence-electron chi connectivity index (χ4n) is 1.58. The van der Waals surface area contributed by atoms with Crippen LogP contribution in [0.2, 0.25) is 0 Å². The monoisotopic (exact) mass is 222 g/mol. The lowest BCUT2D eigenvalue weighted by Gasteiger charge is -2.10. The molecule has 0 amide bonds. The average Bonchev–Trinajstić information content (AvgIpc) is 2.30. The summed E-state index contributed by atoms with van der Waals surface area (Å²) in [6.45, 7) is 1.34. The highest BCUT2D eigenvalue weighted by atomic mass is 32.2. The minimum atomic E-state index is -3.40. The summed E-state index contributed by atoms with van der Waals surface area (Å²) >= 11 is 0. The first-order chi connectivity index (χ1) is 6.37. The molecule has 0 heterocycles. The van der Waals surface area contributed by atoms with E-state index in [-0.39, 0.29) is 18.2 Å². The van der Waals surface area contributed by atoms with Crippen LogP contribution in [0.4, 0.5) is 0 Å². The highest BCUT2D eigenvalue weighted by Crippen LogP contribution is 2.25. The van der Waals surface area contributed by atoms with Gasteiger partial charge >= 0.3 is 5.97 Å². The molecule has 0 bridgehead atoms. The van der Waals surface area contributed by atoms with Crippen LogP contribution in [0.1, 0.15) is 26.2 Å². The van der Waals surface area contributed by atoms with Gasteiger partial charge in [0.2, 0.25) is 0 Å². The van der Waals surface area contributed by atoms with Gasteiger partial charge in [-0.15, -0.1) is 0 Å². The smallest absolute Gasteiger partial charge is 0.302 e. The molecule has 0 N–H and O–H groups in total. The molecule has 0 aromatic carbocycles. The molecule has 82 valence electrons. The molecule has 14 heavy (non-hydrogen) atoms. The van der Waals surface area contributed by atoms with Crippen LogP contribution < -0.4 is 0 Å². The van der Waals surface area contributed by atoms with Crippen molar-refractivity contribution in [3.05, 3.63) is 0 Å². The van der Waals surface area contributed by atoms with Crippen LogP contribution in [0.5, 0.6) is 0 Å². The third kappa shape index (κ3) is 4.06. The Morgan fingerprint density at radius 2 is 1.86 bits per heavy atom. The molecular weight excluding hydrogens is 208 g/mol. The van der Waals surface area contributed by atoms with Gasteiger partial charge in [-0.2, -0.15) is 8.42 Å². The Balaban J connectivity index is 2.38. The highest BCUT2D eigenvalue weighted by molar-refractivity contribution is 7.86. The molecule has 1 fully saturated rings. The van der Waals surface area contributed by atoms with Gasteiger partial charge in [0.25, 0.3) is 10.1 Å². The summed E-state index contributed by atoms with van der Waals surface area (Å²) in [5, 5.41) is 0. The molecule has 6 heteroatoms. The molecule has 0 aliphatic heterocycles. The van der Waals surface area contributed by atoms with Crippen LogP contribution in [-0.4, -0.2) is 32.9 Å². The van der Waals surface area contributed by atoms with Crippen LogP contribution in [-0.2, 0) is 23.8 Å². The summed E-state index contributed by atoms with van der Waals surface area (Å²) in [6, 6.07) is 0. The van der Waals surface area contributed by atoms with Crippen LogP contribution in [0, 0.1) is 0 Å². The summed E-state index contributed by atoms with van der Waals surface area (Å²) in [5.74, 6) is -0.338. The van der Waals surface area contributed by atoms with Crippen LogP contribution in [0.3, 0.4) is 0 Å². The number of esters is 1. The van der Waals surface area contributed by atoms with Crippen molar-refractivity contribution in [2.24, 2.45) is 0 Å². The molecule has 0 unspecified atom stereocenters. The summed E-state index contributed by atoms with van der Waals surface area (Å²) < 4.78 is 31.3. The summed E-state index contributed by atoms with van der Waals surface area (Å²) in [5.41, 5.74) is 0. The van der Waals surface area contributed by atoms with Crippen molar-refractivity contribution in [1.82, 2.24) is 0 Å². The zero-order valence-electron chi connectivity index (χ0n) is 8.23. The first-order valence-corrected chi connectivity index (χ1v) is 6.24. The second-order valence-electron chi connectivity index (χ2n) is 3.47. The summed E-state index contributed by atoms with van der Waals surface area (Å²) in [7, 11) is -3.40. The van der Waals surface area contributed by atoms with Gasteiger partial charge in [-0.05, 0) is 12.8 Å². The number of hydrogen-bond donors (Lipinski definition) is 0. The second kappa shape index (κ2) is 4.27. The molecule has 1 aliphatic rings. The van der Waals surface area contributed by atoms with Gasteiger partial charge in [-0.3, -0.25) is 8.98 Å². The Hall–Kier alpha value is -0.620. The molecule has 1 aliphatic carbocycles. The van der Waals surface area contributed by atoms with Gasteiger partial charge in [0.15, 0.2) is 0 Å². The van der Waals surface area contributed by atoms with Crippen molar-refractivity contribution in [1.29, 1.82) is 0 Å². The molecule has 2 atom stereocenters. The zero-order valence-corrected chi connectivity index (χ0v) is 9.04. The standard InChI is InChI=1S/C8H14O5S/c1-6(9)12-7-3-4-8(5-7)13-14(2,10)11/h7-8H,3-5H2,1-2H3/t7-,8+/m1/s1. The third-order valence-corrected chi connectivity index (χ3v) is 2.60. The third-order valence-electron chi connectivity index (χ3n) is 1.98. The Labute approximate surface area is 83.5 Å². The Morgan fingerprint density at radius 1 is 1.29 bits per heavy atom. The maximum absolute atomic E-state index is 10.8. The maximum Gasteiger partial charge on any atom is 0.302 e. The van der Waals surface area contributed by atoms with E-state index in [1.165, 1.54) is 6.92 Å². The fourth-order valence-corrected chi connectivity index (χ4v) is 2.25. The van der Waals surface area contributed by atoms with Crippen molar-refractivity contribution < 1.29 is 22.1 Å². The van der Waals surface area contributed by atoms with E-state index < -0.39 is 10.1 Å². The van der Waals surface area contributed by atoms with Crippen LogP contribution in [0.25, 0.3) is 0 Å². The van der Waals surface area contributed by atoms with Gasteiger partial charge in [0, 0.05) is 13.3 Å². The Bertz CT molecular complexity index is 308. The van der Waals surface area contributed by atoms with Gasteiger partial charge in [-0.25, -0.2) is 0 Å². The van der Waals surface area contributed by atoms with E-state index in [0.717, 1.165) is 6.26 Å². The minimum Gasteiger partial charge on any atom is -0.462 e. The maximum atomic E-state index is 10.8. The lowest BCUT2D eigenvalue weighted by molar-refractivity contribution is -0.146. The average molecular weight is 222 g/mol. The predicted molar refractivity (Wildman–Crippen MR) is 49.1 cm³/mol. The van der Waals surface area contributed by atoms with Crippen molar-refractivity contribution in [3.63, 3.8) is 0 Å². The number of ether oxygens (including phenoxy) is 1. The quantitative estimate of drug-likeness (QED) is 0.512. The van der Waals surface area contributed by atoms with E-state index >= 15 is 0 Å². The predicted octanol–water partition coefficient (Wildman–Crippen LogP) is 0.447. The normalized spacial score (nSPS) is 27.6. The van der Waals surface area contributed by atoms with Gasteiger partial charge in [0.1, 0.15) is 6.10 Å². The van der Waals surface area contributed by atoms with Crippen molar-refractivity contribution >= 4 is 16.1 Å². The Kier molecular flexibility index (Phi) is 3.49. The summed E-state index contributed by atoms with van der Waals surface area (Å²) in [4.78, 5) is 10.6. The molecule has 5 nitrogen and oxygen atoms in total. The number of hydrogen-bond acceptors (Lipinski definition) is 5. The van der Waals surface area contributed by atoms with Crippen molar-refractivity contribution in [2.75, 3.05) is 6.26 Å². The molecule has 0 aromatic rings. The van der Waals surface area contributed by atoms with E-state index in [1.54, 1.807) is 0 Å². The molecule has 0 aromatic heterocycles. The fraction of sp³-hybridized carbons (Fsp3) is 0.875. The van der Waals surface area contributed by atoms with Gasteiger partial charge in [0.05, 0.1) is 12.4 Å². The van der Waals surface area contributed by atoms with Gasteiger partial charge in [-0.1, -0.05) is 0 Å². The van der Waals surface area contributed by atoms with Crippen LogP contribution >= 0.6 is 0 Å². The second-order valence-corrected chi connectivity index (χ2v) is 5.07. The van der Waals surface area contributed by atoms with Crippen LogP contribution in [0.15, 0.2) is 0 Å². The first kappa shape index (κ1) is 11.5. The SMILES string of the molecule is CC(=O)O[C@@H]1CC[C@H](OS(C)(=O)=O)C1. The number of carbonyl (C=O) groups is 1. The number of carbonyl (C=O) groups excluding carboxylic acids is 1. The molecule has 0 radical (unpaired) electrons. The van der Waals surface area contributed by atoms with Crippen molar-refractivity contribution in [3.8, 4) is 0 Å². The van der Waals surface area contributed by atoms with Gasteiger partial charge < -0.3 is 4.74 Å². The largest absolute Gasteiger partial charge is 0.462 e. The molecule has 0 spiro atoms. The molecular formula is C8H14O5S.